The minimum absolute atomic E-state index is 0.00624. The highest BCUT2D eigenvalue weighted by Crippen LogP contribution is 2.38. The summed E-state index contributed by atoms with van der Waals surface area (Å²) in [6.45, 7) is 6.86. The van der Waals surface area contributed by atoms with E-state index < -0.39 is 41.7 Å². The summed E-state index contributed by atoms with van der Waals surface area (Å²) in [5.74, 6) is -2.64. The molecular weight excluding hydrogens is 1080 g/mol. The Balaban J connectivity index is 0.000000323. The Kier molecular flexibility index (Phi) is 19.4. The molecule has 60 heavy (non-hydrogen) atoms. The molecule has 0 aromatic heterocycles. The Morgan fingerprint density at radius 2 is 1.10 bits per heavy atom. The minimum atomic E-state index is -4.62. The molecule has 1 unspecified atom stereocenters. The highest BCUT2D eigenvalue weighted by atomic mass is 79.9. The standard InChI is InChI=1S/C21H19Br2F4NO4.C20H20Br2ClNO4/c1-10(2)19(29)28-14-4-12(3-13(8-14)21(25,26)27)9-32-18-15(22)5-11(6-16(18)23)7-17(24)20(30)31;1-11(2)20(27)24-15-6-13(5-14(23)9-15)10-28-19-16(21)7-12(8-17(19)22)3-4-18(25)26/h3-6,8,10,17H,7,9H2,1-2H3,(H,28,29)(H,30,31);5-9,11H,3-4,10H2,1-2H3,(H,24,27)(H,25,26). The number of aryl methyl sites for hydroxylation is 1. The Bertz CT molecular complexity index is 2160. The van der Waals surface area contributed by atoms with Gasteiger partial charge in [-0.25, -0.2) is 9.18 Å². The van der Waals surface area contributed by atoms with Gasteiger partial charge in [0, 0.05) is 41.1 Å². The lowest BCUT2D eigenvalue weighted by Crippen LogP contribution is -2.18. The molecule has 4 aromatic carbocycles. The first-order valence-electron chi connectivity index (χ1n) is 17.9. The summed E-state index contributed by atoms with van der Waals surface area (Å²) in [6.07, 6.45) is -6.57. The molecule has 4 rings (SSSR count). The van der Waals surface area contributed by atoms with Gasteiger partial charge in [0.2, 0.25) is 18.0 Å². The van der Waals surface area contributed by atoms with Gasteiger partial charge in [-0.2, -0.15) is 13.2 Å². The van der Waals surface area contributed by atoms with Crippen molar-refractivity contribution in [2.75, 3.05) is 10.6 Å². The Morgan fingerprint density at radius 1 is 0.667 bits per heavy atom. The number of aliphatic carboxylic acids is 2. The summed E-state index contributed by atoms with van der Waals surface area (Å²) in [7, 11) is 0. The second kappa shape index (κ2) is 22.9. The molecule has 1 atom stereocenters. The number of anilines is 2. The number of benzene rings is 4. The normalized spacial score (nSPS) is 11.7. The van der Waals surface area contributed by atoms with Crippen LogP contribution in [0.5, 0.6) is 11.5 Å². The van der Waals surface area contributed by atoms with Gasteiger partial charge >= 0.3 is 18.1 Å². The van der Waals surface area contributed by atoms with Crippen molar-refractivity contribution in [3.63, 3.8) is 0 Å². The van der Waals surface area contributed by atoms with E-state index in [2.05, 4.69) is 74.4 Å². The molecule has 324 valence electrons. The van der Waals surface area contributed by atoms with Crippen LogP contribution in [0.15, 0.2) is 78.6 Å². The number of halogens is 9. The zero-order valence-corrected chi connectivity index (χ0v) is 39.4. The van der Waals surface area contributed by atoms with Crippen LogP contribution < -0.4 is 20.1 Å². The van der Waals surface area contributed by atoms with Crippen LogP contribution in [0.25, 0.3) is 0 Å². The van der Waals surface area contributed by atoms with Crippen LogP contribution in [0.4, 0.5) is 28.9 Å². The van der Waals surface area contributed by atoms with Crippen molar-refractivity contribution in [3.05, 3.63) is 111 Å². The summed E-state index contributed by atoms with van der Waals surface area (Å²) < 4.78 is 67.1. The second-order valence-electron chi connectivity index (χ2n) is 13.8. The molecule has 0 fully saturated rings. The molecule has 0 bridgehead atoms. The molecule has 0 aliphatic heterocycles. The number of amides is 2. The monoisotopic (exact) mass is 1110 g/mol. The number of hydrogen-bond acceptors (Lipinski definition) is 6. The molecule has 0 aliphatic carbocycles. The molecule has 2 amide bonds. The van der Waals surface area contributed by atoms with E-state index in [9.17, 15) is 36.7 Å². The van der Waals surface area contributed by atoms with Crippen molar-refractivity contribution in [1.82, 2.24) is 0 Å². The van der Waals surface area contributed by atoms with Crippen molar-refractivity contribution in [2.45, 2.75) is 72.5 Å². The zero-order chi connectivity index (χ0) is 45.1. The maximum atomic E-state index is 13.5. The molecule has 10 nitrogen and oxygen atoms in total. The lowest BCUT2D eigenvalue weighted by Gasteiger charge is -2.16. The van der Waals surface area contributed by atoms with Crippen molar-refractivity contribution >= 4 is 110 Å². The fourth-order valence-corrected chi connectivity index (χ4v) is 8.29. The van der Waals surface area contributed by atoms with Crippen molar-refractivity contribution in [1.29, 1.82) is 0 Å². The number of carboxylic acid groups (broad SMARTS) is 2. The Labute approximate surface area is 382 Å². The summed E-state index contributed by atoms with van der Waals surface area (Å²) in [5, 5.41) is 23.3. The van der Waals surface area contributed by atoms with Gasteiger partial charge in [-0.3, -0.25) is 14.4 Å². The van der Waals surface area contributed by atoms with E-state index in [4.69, 9.17) is 31.3 Å². The maximum Gasteiger partial charge on any atom is 0.416 e. The van der Waals surface area contributed by atoms with Gasteiger partial charge in [0.1, 0.15) is 24.7 Å². The van der Waals surface area contributed by atoms with Crippen LogP contribution in [-0.4, -0.2) is 40.1 Å². The van der Waals surface area contributed by atoms with Gasteiger partial charge < -0.3 is 30.3 Å². The van der Waals surface area contributed by atoms with Crippen LogP contribution in [0, 0.1) is 11.8 Å². The van der Waals surface area contributed by atoms with Crippen LogP contribution in [0.1, 0.15) is 61.9 Å². The first kappa shape index (κ1) is 50.6. The second-order valence-corrected chi connectivity index (χ2v) is 17.7. The first-order chi connectivity index (χ1) is 27.9. The van der Waals surface area contributed by atoms with Crippen LogP contribution in [-0.2, 0) is 51.4 Å². The smallest absolute Gasteiger partial charge is 0.416 e. The predicted octanol–water partition coefficient (Wildman–Crippen LogP) is 12.4. The largest absolute Gasteiger partial charge is 0.487 e. The van der Waals surface area contributed by atoms with E-state index in [0.717, 1.165) is 32.2 Å². The van der Waals surface area contributed by atoms with E-state index in [1.807, 2.05) is 32.0 Å². The van der Waals surface area contributed by atoms with Gasteiger partial charge in [0.05, 0.1) is 23.5 Å². The van der Waals surface area contributed by atoms with Crippen LogP contribution in [0.3, 0.4) is 0 Å². The molecule has 0 aliphatic rings. The Morgan fingerprint density at radius 3 is 1.52 bits per heavy atom. The number of nitrogens with one attached hydrogen (secondary N) is 2. The van der Waals surface area contributed by atoms with E-state index in [1.54, 1.807) is 26.0 Å². The third kappa shape index (κ3) is 16.3. The first-order valence-corrected chi connectivity index (χ1v) is 21.4. The number of hydrogen-bond donors (Lipinski definition) is 4. The van der Waals surface area contributed by atoms with Gasteiger partial charge in [0.15, 0.2) is 0 Å². The number of carboxylic acids is 2. The van der Waals surface area contributed by atoms with Gasteiger partial charge in [-0.05, 0) is 153 Å². The van der Waals surface area contributed by atoms with E-state index in [1.165, 1.54) is 18.2 Å². The molecule has 0 heterocycles. The average Bonchev–Trinajstić information content (AvgIpc) is 3.12. The van der Waals surface area contributed by atoms with Gasteiger partial charge in [0.25, 0.3) is 0 Å². The predicted molar refractivity (Wildman–Crippen MR) is 234 cm³/mol. The number of alkyl halides is 4. The van der Waals surface area contributed by atoms with Crippen molar-refractivity contribution in [2.24, 2.45) is 11.8 Å². The fourth-order valence-electron chi connectivity index (χ4n) is 5.01. The van der Waals surface area contributed by atoms with Crippen LogP contribution >= 0.6 is 75.3 Å². The Hall–Kier alpha value is -3.71. The highest BCUT2D eigenvalue weighted by Gasteiger charge is 2.31. The van der Waals surface area contributed by atoms with Crippen molar-refractivity contribution in [3.8, 4) is 11.5 Å². The van der Waals surface area contributed by atoms with E-state index >= 15 is 0 Å². The molecule has 4 aromatic rings. The number of carbonyl (C=O) groups is 4. The highest BCUT2D eigenvalue weighted by molar-refractivity contribution is 9.11. The van der Waals surface area contributed by atoms with E-state index in [-0.39, 0.29) is 54.9 Å². The molecule has 0 radical (unpaired) electrons. The van der Waals surface area contributed by atoms with Gasteiger partial charge in [-0.15, -0.1) is 0 Å². The maximum absolute atomic E-state index is 13.5. The van der Waals surface area contributed by atoms with Crippen molar-refractivity contribution < 1.29 is 56.4 Å². The molecule has 0 saturated heterocycles. The minimum Gasteiger partial charge on any atom is -0.487 e. The third-order valence-corrected chi connectivity index (χ3v) is 10.6. The molecule has 0 saturated carbocycles. The number of ether oxygens (including phenoxy) is 2. The van der Waals surface area contributed by atoms with Gasteiger partial charge in [-0.1, -0.05) is 39.3 Å². The fraction of sp³-hybridized carbons (Fsp3) is 0.317. The summed E-state index contributed by atoms with van der Waals surface area (Å²) in [4.78, 5) is 45.2. The molecule has 0 spiro atoms. The number of carbonyl (C=O) groups excluding carboxylic acids is 2. The quantitative estimate of drug-likeness (QED) is 0.0810. The average molecular weight is 1120 g/mol. The van der Waals surface area contributed by atoms with Crippen LogP contribution in [0.2, 0.25) is 5.02 Å². The lowest BCUT2D eigenvalue weighted by molar-refractivity contribution is -0.142. The summed E-state index contributed by atoms with van der Waals surface area (Å²) in [6, 6.07) is 15.0. The molecule has 19 heteroatoms. The molecule has 4 N–H and O–H groups in total. The van der Waals surface area contributed by atoms with E-state index in [0.29, 0.717) is 37.4 Å². The lowest BCUT2D eigenvalue weighted by atomic mass is 10.1. The number of rotatable bonds is 16. The summed E-state index contributed by atoms with van der Waals surface area (Å²) >= 11 is 19.6. The SMILES string of the molecule is CC(C)C(=O)Nc1cc(COc2c(Br)cc(CC(F)C(=O)O)cc2Br)cc(C(F)(F)F)c1.CC(C)C(=O)Nc1cc(Cl)cc(COc2c(Br)cc(CCC(=O)O)cc2Br)c1. The third-order valence-electron chi connectivity index (χ3n) is 8.05. The molecular formula is C41H39Br4ClF4N2O8. The topological polar surface area (TPSA) is 151 Å². The zero-order valence-electron chi connectivity index (χ0n) is 32.3. The summed E-state index contributed by atoms with van der Waals surface area (Å²) in [5.41, 5.74) is 1.91.